The van der Waals surface area contributed by atoms with Gasteiger partial charge in [0.2, 0.25) is 17.7 Å². The smallest absolute Gasteiger partial charge is 0.273 e. The summed E-state index contributed by atoms with van der Waals surface area (Å²) in [6.45, 7) is 2.66. The van der Waals surface area contributed by atoms with Crippen LogP contribution in [-0.2, 0) is 26.3 Å². The number of ether oxygens (including phenoxy) is 1. The Bertz CT molecular complexity index is 1330. The molecular formula is C25H24N4O6. The molecule has 1 spiro atoms. The third-order valence-corrected chi connectivity index (χ3v) is 8.08. The molecule has 3 saturated heterocycles. The lowest BCUT2D eigenvalue weighted by atomic mass is 9.75. The maximum atomic E-state index is 14.1. The van der Waals surface area contributed by atoms with E-state index >= 15 is 0 Å². The number of carbonyl (C=O) groups is 3. The molecule has 4 aliphatic rings. The van der Waals surface area contributed by atoms with Crippen LogP contribution in [0.15, 0.2) is 36.4 Å². The number of nitrogens with zero attached hydrogens (tertiary/aromatic N) is 3. The summed E-state index contributed by atoms with van der Waals surface area (Å²) in [5.74, 6) is -2.68. The number of anilines is 2. The first-order valence-electron chi connectivity index (χ1n) is 11.8. The molecule has 0 aromatic heterocycles. The molecule has 4 heterocycles. The van der Waals surface area contributed by atoms with Crippen molar-refractivity contribution in [3.8, 4) is 5.75 Å². The summed E-state index contributed by atoms with van der Waals surface area (Å²) in [5, 5.41) is 14.2. The standard InChI is InChI=1S/C25H24N4O6/c1-3-13-6-8-16-15(11-13)25(24(32)26-16)21-20(18-5-4-10-27(18)25)22(30)28(23(21)31)17-9-7-14(29(33)34)12-19(17)35-2/h6-9,11-12,18,20-21H,3-5,10H2,1-2H3,(H,26,32)/t18-,20+,21-,25+/m0/s1. The Morgan fingerprint density at radius 1 is 1.17 bits per heavy atom. The highest BCUT2D eigenvalue weighted by Gasteiger charge is 2.74. The number of benzene rings is 2. The minimum Gasteiger partial charge on any atom is -0.494 e. The van der Waals surface area contributed by atoms with Gasteiger partial charge in [-0.05, 0) is 43.5 Å². The van der Waals surface area contributed by atoms with Gasteiger partial charge in [0.15, 0.2) is 0 Å². The third kappa shape index (κ3) is 2.60. The number of imide groups is 1. The van der Waals surface area contributed by atoms with Crippen molar-refractivity contribution in [2.75, 3.05) is 23.9 Å². The van der Waals surface area contributed by atoms with Crippen molar-refractivity contribution in [3.05, 3.63) is 57.6 Å². The minimum atomic E-state index is -1.26. The molecular weight excluding hydrogens is 452 g/mol. The number of nitro groups is 1. The van der Waals surface area contributed by atoms with E-state index in [0.717, 1.165) is 28.9 Å². The molecule has 1 N–H and O–H groups in total. The normalized spacial score (nSPS) is 28.9. The molecule has 35 heavy (non-hydrogen) atoms. The summed E-state index contributed by atoms with van der Waals surface area (Å²) in [5.41, 5.74) is 1.15. The van der Waals surface area contributed by atoms with Crippen molar-refractivity contribution in [3.63, 3.8) is 0 Å². The van der Waals surface area contributed by atoms with Crippen LogP contribution < -0.4 is 15.0 Å². The van der Waals surface area contributed by atoms with E-state index in [9.17, 15) is 24.5 Å². The number of hydrogen-bond acceptors (Lipinski definition) is 7. The Hall–Kier alpha value is -3.79. The summed E-state index contributed by atoms with van der Waals surface area (Å²) in [6, 6.07) is 9.39. The Morgan fingerprint density at radius 2 is 1.97 bits per heavy atom. The number of amides is 3. The average Bonchev–Trinajstić information content (AvgIpc) is 3.56. The first-order chi connectivity index (χ1) is 16.8. The number of aryl methyl sites for hydroxylation is 1. The monoisotopic (exact) mass is 476 g/mol. The number of nitro benzene ring substituents is 1. The lowest BCUT2D eigenvalue weighted by Crippen LogP contribution is -2.54. The molecule has 3 amide bonds. The predicted octanol–water partition coefficient (Wildman–Crippen LogP) is 2.60. The molecule has 4 atom stereocenters. The molecule has 0 unspecified atom stereocenters. The first kappa shape index (κ1) is 21.7. The van der Waals surface area contributed by atoms with Crippen LogP contribution in [0.5, 0.6) is 5.75 Å². The van der Waals surface area contributed by atoms with Crippen LogP contribution in [0.3, 0.4) is 0 Å². The van der Waals surface area contributed by atoms with E-state index < -0.39 is 34.1 Å². The second-order valence-electron chi connectivity index (χ2n) is 9.49. The molecule has 4 aliphatic heterocycles. The fourth-order valence-electron chi connectivity index (χ4n) is 6.67. The van der Waals surface area contributed by atoms with Gasteiger partial charge in [-0.3, -0.25) is 29.4 Å². The fraction of sp³-hybridized carbons (Fsp3) is 0.400. The quantitative estimate of drug-likeness (QED) is 0.409. The molecule has 2 aromatic rings. The Balaban J connectivity index is 1.53. The van der Waals surface area contributed by atoms with Crippen molar-refractivity contribution in [1.29, 1.82) is 0 Å². The summed E-state index contributed by atoms with van der Waals surface area (Å²) in [4.78, 5) is 55.5. The summed E-state index contributed by atoms with van der Waals surface area (Å²) in [6.07, 6.45) is 2.31. The number of fused-ring (bicyclic) bond motifs is 7. The largest absolute Gasteiger partial charge is 0.494 e. The van der Waals surface area contributed by atoms with Gasteiger partial charge in [0, 0.05) is 23.4 Å². The number of nitrogens with one attached hydrogen (secondary N) is 1. The second-order valence-corrected chi connectivity index (χ2v) is 9.49. The lowest BCUT2D eigenvalue weighted by molar-refractivity contribution is -0.384. The topological polar surface area (TPSA) is 122 Å². The van der Waals surface area contributed by atoms with E-state index in [-0.39, 0.29) is 29.1 Å². The zero-order chi connectivity index (χ0) is 24.6. The van der Waals surface area contributed by atoms with E-state index in [1.807, 2.05) is 25.1 Å². The molecule has 6 rings (SSSR count). The molecule has 10 heteroatoms. The fourth-order valence-corrected chi connectivity index (χ4v) is 6.67. The molecule has 3 fully saturated rings. The summed E-state index contributed by atoms with van der Waals surface area (Å²) >= 11 is 0. The molecule has 0 radical (unpaired) electrons. The Morgan fingerprint density at radius 3 is 2.69 bits per heavy atom. The van der Waals surface area contributed by atoms with Gasteiger partial charge in [0.25, 0.3) is 5.69 Å². The first-order valence-corrected chi connectivity index (χ1v) is 11.8. The van der Waals surface area contributed by atoms with Crippen molar-refractivity contribution in [2.45, 2.75) is 37.8 Å². The number of carbonyl (C=O) groups excluding carboxylic acids is 3. The molecule has 10 nitrogen and oxygen atoms in total. The van der Waals surface area contributed by atoms with Gasteiger partial charge in [-0.2, -0.15) is 0 Å². The zero-order valence-corrected chi connectivity index (χ0v) is 19.3. The number of rotatable bonds is 4. The molecule has 0 bridgehead atoms. The van der Waals surface area contributed by atoms with E-state index in [1.165, 1.54) is 25.3 Å². The number of methoxy groups -OCH3 is 1. The van der Waals surface area contributed by atoms with E-state index in [2.05, 4.69) is 10.2 Å². The van der Waals surface area contributed by atoms with Gasteiger partial charge in [-0.1, -0.05) is 19.1 Å². The molecule has 0 aliphatic carbocycles. The number of non-ortho nitro benzene ring substituents is 1. The maximum absolute atomic E-state index is 14.1. The van der Waals surface area contributed by atoms with Crippen LogP contribution in [0.4, 0.5) is 17.1 Å². The van der Waals surface area contributed by atoms with E-state index in [1.54, 1.807) is 0 Å². The van der Waals surface area contributed by atoms with Crippen LogP contribution in [0.1, 0.15) is 30.9 Å². The Labute approximate surface area is 201 Å². The van der Waals surface area contributed by atoms with Gasteiger partial charge in [0.1, 0.15) is 11.3 Å². The third-order valence-electron chi connectivity index (χ3n) is 8.08. The molecule has 2 aromatic carbocycles. The predicted molar refractivity (Wildman–Crippen MR) is 125 cm³/mol. The minimum absolute atomic E-state index is 0.0581. The highest BCUT2D eigenvalue weighted by atomic mass is 16.6. The average molecular weight is 476 g/mol. The highest BCUT2D eigenvalue weighted by molar-refractivity contribution is 6.26. The van der Waals surface area contributed by atoms with Gasteiger partial charge < -0.3 is 10.1 Å². The van der Waals surface area contributed by atoms with Crippen molar-refractivity contribution < 1.29 is 24.0 Å². The van der Waals surface area contributed by atoms with Gasteiger partial charge in [0.05, 0.1) is 35.6 Å². The second kappa shape index (κ2) is 7.35. The van der Waals surface area contributed by atoms with Crippen LogP contribution in [-0.4, -0.2) is 47.2 Å². The van der Waals surface area contributed by atoms with Crippen molar-refractivity contribution >= 4 is 34.8 Å². The molecule has 180 valence electrons. The molecule has 0 saturated carbocycles. The number of hydrogen-bond donors (Lipinski definition) is 1. The van der Waals surface area contributed by atoms with Crippen LogP contribution in [0, 0.1) is 22.0 Å². The highest BCUT2D eigenvalue weighted by Crippen LogP contribution is 2.61. The van der Waals surface area contributed by atoms with Crippen LogP contribution >= 0.6 is 0 Å². The lowest BCUT2D eigenvalue weighted by Gasteiger charge is -2.36. The Kier molecular flexibility index (Phi) is 4.56. The van der Waals surface area contributed by atoms with Gasteiger partial charge in [-0.15, -0.1) is 0 Å². The zero-order valence-electron chi connectivity index (χ0n) is 19.3. The van der Waals surface area contributed by atoms with E-state index in [0.29, 0.717) is 18.7 Å². The summed E-state index contributed by atoms with van der Waals surface area (Å²) in [7, 11) is 1.33. The summed E-state index contributed by atoms with van der Waals surface area (Å²) < 4.78 is 5.34. The van der Waals surface area contributed by atoms with Gasteiger partial charge in [-0.25, -0.2) is 4.90 Å². The van der Waals surface area contributed by atoms with Gasteiger partial charge >= 0.3 is 0 Å². The van der Waals surface area contributed by atoms with Crippen molar-refractivity contribution in [2.24, 2.45) is 11.8 Å². The van der Waals surface area contributed by atoms with Crippen molar-refractivity contribution in [1.82, 2.24) is 4.90 Å². The van der Waals surface area contributed by atoms with Crippen LogP contribution in [0.25, 0.3) is 0 Å². The maximum Gasteiger partial charge on any atom is 0.273 e. The SMILES string of the molecule is CCc1ccc2c(c1)[C@]1(C(=O)N2)[C@@H]2C(=O)N(c3ccc([N+](=O)[O-])cc3OC)C(=O)[C@@H]2[C@@H]2CCCN21. The van der Waals surface area contributed by atoms with Crippen LogP contribution in [0.2, 0.25) is 0 Å². The van der Waals surface area contributed by atoms with E-state index in [4.69, 9.17) is 4.74 Å².